The van der Waals surface area contributed by atoms with Crippen molar-refractivity contribution in [2.45, 2.75) is 20.8 Å². The molecule has 0 aliphatic rings. The maximum absolute atomic E-state index is 11.0. The predicted octanol–water partition coefficient (Wildman–Crippen LogP) is 3.93. The van der Waals surface area contributed by atoms with Crippen molar-refractivity contribution in [3.63, 3.8) is 0 Å². The van der Waals surface area contributed by atoms with Crippen LogP contribution in [0, 0.1) is 17.0 Å². The van der Waals surface area contributed by atoms with E-state index in [1.807, 2.05) is 20.1 Å². The molecule has 8 heteroatoms. The van der Waals surface area contributed by atoms with Gasteiger partial charge in [-0.2, -0.15) is 0 Å². The largest absolute Gasteiger partial charge is 0.393 e. The molecule has 0 saturated heterocycles. The summed E-state index contributed by atoms with van der Waals surface area (Å²) in [6, 6.07) is 2.92. The normalized spacial score (nSPS) is 12.5. The number of allylic oxidation sites excluding steroid dienone is 1. The molecule has 0 spiro atoms. The number of nitro benzene ring substituents is 1. The highest BCUT2D eigenvalue weighted by Crippen LogP contribution is 2.31. The third kappa shape index (κ3) is 5.24. The number of nitrogen functional groups attached to an aromatic ring is 1. The monoisotopic (exact) mass is 347 g/mol. The number of benzene rings is 1. The van der Waals surface area contributed by atoms with Gasteiger partial charge in [-0.25, -0.2) is 4.99 Å². The minimum atomic E-state index is -0.519. The molecule has 0 amide bonds. The van der Waals surface area contributed by atoms with E-state index in [1.54, 1.807) is 25.4 Å². The number of aliphatic imine (C=N–C) groups is 2. The lowest BCUT2D eigenvalue weighted by atomic mass is 10.1. The fourth-order valence-corrected chi connectivity index (χ4v) is 2.13. The number of hydrogen-bond acceptors (Lipinski definition) is 6. The smallest absolute Gasteiger partial charge is 0.294 e. The van der Waals surface area contributed by atoms with E-state index in [0.717, 1.165) is 11.1 Å². The molecule has 1 rings (SSSR count). The SMILES string of the molecule is C=C(NC(=Nc1cc([N+](=O)[O-])c(N)cc1C)SC)/C(C)=C/N=CC. The zero-order valence-electron chi connectivity index (χ0n) is 14.2. The molecule has 0 bridgehead atoms. The summed E-state index contributed by atoms with van der Waals surface area (Å²) in [4.78, 5) is 19.0. The Hall–Kier alpha value is -2.61. The number of nitrogens with two attached hydrogens (primary N) is 1. The Labute approximate surface area is 145 Å². The Balaban J connectivity index is 3.15. The van der Waals surface area contributed by atoms with Gasteiger partial charge in [-0.1, -0.05) is 18.3 Å². The molecule has 0 radical (unpaired) electrons. The number of rotatable bonds is 5. The maximum atomic E-state index is 11.0. The molecule has 0 aromatic heterocycles. The first-order chi connectivity index (χ1) is 11.3. The second-order valence-electron chi connectivity index (χ2n) is 4.90. The van der Waals surface area contributed by atoms with Crippen LogP contribution in [0.25, 0.3) is 0 Å². The van der Waals surface area contributed by atoms with Crippen molar-refractivity contribution in [2.75, 3.05) is 12.0 Å². The van der Waals surface area contributed by atoms with Crippen molar-refractivity contribution in [3.05, 3.63) is 51.9 Å². The van der Waals surface area contributed by atoms with E-state index < -0.39 is 4.92 Å². The molecular weight excluding hydrogens is 326 g/mol. The van der Waals surface area contributed by atoms with Crippen LogP contribution in [0.15, 0.2) is 46.2 Å². The first-order valence-corrected chi connectivity index (χ1v) is 8.30. The van der Waals surface area contributed by atoms with Gasteiger partial charge in [0.15, 0.2) is 5.17 Å². The van der Waals surface area contributed by atoms with Crippen molar-refractivity contribution >= 4 is 40.2 Å². The lowest BCUT2D eigenvalue weighted by molar-refractivity contribution is -0.383. The Morgan fingerprint density at radius 2 is 2.17 bits per heavy atom. The highest BCUT2D eigenvalue weighted by atomic mass is 32.2. The van der Waals surface area contributed by atoms with Crippen LogP contribution in [0.1, 0.15) is 19.4 Å². The second-order valence-corrected chi connectivity index (χ2v) is 5.69. The van der Waals surface area contributed by atoms with E-state index in [0.29, 0.717) is 16.6 Å². The average molecular weight is 347 g/mol. The zero-order chi connectivity index (χ0) is 18.3. The predicted molar refractivity (Wildman–Crippen MR) is 103 cm³/mol. The Bertz CT molecular complexity index is 738. The molecule has 3 N–H and O–H groups in total. The summed E-state index contributed by atoms with van der Waals surface area (Å²) < 4.78 is 0. The number of nitro groups is 1. The molecule has 24 heavy (non-hydrogen) atoms. The van der Waals surface area contributed by atoms with Gasteiger partial charge in [0.2, 0.25) is 0 Å². The number of amidine groups is 1. The minimum absolute atomic E-state index is 0.121. The summed E-state index contributed by atoms with van der Waals surface area (Å²) in [5, 5.41) is 14.7. The number of nitrogens with zero attached hydrogens (tertiary/aromatic N) is 3. The van der Waals surface area contributed by atoms with Crippen LogP contribution in [0.2, 0.25) is 0 Å². The molecule has 1 aromatic carbocycles. The van der Waals surface area contributed by atoms with Gasteiger partial charge in [0, 0.05) is 24.2 Å². The molecule has 0 fully saturated rings. The number of thioether (sulfide) groups is 1. The molecule has 0 unspecified atom stereocenters. The van der Waals surface area contributed by atoms with E-state index in [-0.39, 0.29) is 11.4 Å². The van der Waals surface area contributed by atoms with Crippen LogP contribution >= 0.6 is 11.8 Å². The van der Waals surface area contributed by atoms with Crippen LogP contribution in [0.5, 0.6) is 0 Å². The summed E-state index contributed by atoms with van der Waals surface area (Å²) in [6.45, 7) is 9.44. The quantitative estimate of drug-likeness (QED) is 0.210. The third-order valence-corrected chi connectivity index (χ3v) is 3.69. The van der Waals surface area contributed by atoms with Crippen LogP contribution in [0.4, 0.5) is 17.1 Å². The standard InChI is InChI=1S/C16H21N5O2S/c1-6-18-9-11(3)12(4)19-16(24-5)20-14-8-15(21(22)23)13(17)7-10(14)2/h6-9H,4,17H2,1-3,5H3,(H,19,20)/b11-9+,18-6?. The van der Waals surface area contributed by atoms with E-state index in [9.17, 15) is 10.1 Å². The van der Waals surface area contributed by atoms with E-state index in [2.05, 4.69) is 21.9 Å². The van der Waals surface area contributed by atoms with Gasteiger partial charge in [-0.15, -0.1) is 0 Å². The van der Waals surface area contributed by atoms with Gasteiger partial charge in [-0.05, 0) is 44.2 Å². The van der Waals surface area contributed by atoms with Gasteiger partial charge in [-0.3, -0.25) is 15.1 Å². The van der Waals surface area contributed by atoms with Crippen LogP contribution in [-0.4, -0.2) is 22.6 Å². The summed E-state index contributed by atoms with van der Waals surface area (Å²) >= 11 is 1.37. The summed E-state index contributed by atoms with van der Waals surface area (Å²) in [7, 11) is 0. The van der Waals surface area contributed by atoms with Gasteiger partial charge in [0.05, 0.1) is 10.6 Å². The molecular formula is C16H21N5O2S. The van der Waals surface area contributed by atoms with E-state index >= 15 is 0 Å². The fraction of sp³-hybridized carbons (Fsp3) is 0.250. The molecule has 0 heterocycles. The first kappa shape index (κ1) is 19.4. The van der Waals surface area contributed by atoms with Crippen molar-refractivity contribution in [1.82, 2.24) is 5.32 Å². The minimum Gasteiger partial charge on any atom is -0.393 e. The van der Waals surface area contributed by atoms with Crippen molar-refractivity contribution in [2.24, 2.45) is 9.98 Å². The third-order valence-electron chi connectivity index (χ3n) is 3.11. The second kappa shape index (κ2) is 8.88. The van der Waals surface area contributed by atoms with Gasteiger partial charge in [0.1, 0.15) is 5.69 Å². The number of anilines is 1. The number of aryl methyl sites for hydroxylation is 1. The Morgan fingerprint density at radius 1 is 1.50 bits per heavy atom. The van der Waals surface area contributed by atoms with Crippen LogP contribution < -0.4 is 11.1 Å². The highest BCUT2D eigenvalue weighted by molar-refractivity contribution is 8.13. The lowest BCUT2D eigenvalue weighted by Crippen LogP contribution is -2.19. The molecule has 7 nitrogen and oxygen atoms in total. The number of nitrogens with one attached hydrogen (secondary N) is 1. The molecule has 128 valence electrons. The molecule has 0 saturated carbocycles. The first-order valence-electron chi connectivity index (χ1n) is 7.08. The zero-order valence-corrected chi connectivity index (χ0v) is 15.0. The molecule has 0 atom stereocenters. The van der Waals surface area contributed by atoms with Crippen molar-refractivity contribution in [3.8, 4) is 0 Å². The Kier molecular flexibility index (Phi) is 7.19. The molecule has 1 aromatic rings. The van der Waals surface area contributed by atoms with Gasteiger partial charge < -0.3 is 11.1 Å². The highest BCUT2D eigenvalue weighted by Gasteiger charge is 2.15. The number of hydrogen-bond donors (Lipinski definition) is 2. The van der Waals surface area contributed by atoms with Gasteiger partial charge in [0.25, 0.3) is 5.69 Å². The van der Waals surface area contributed by atoms with E-state index in [1.165, 1.54) is 17.8 Å². The topological polar surface area (TPSA) is 106 Å². The van der Waals surface area contributed by atoms with E-state index in [4.69, 9.17) is 5.73 Å². The molecule has 0 aliphatic heterocycles. The average Bonchev–Trinajstić information content (AvgIpc) is 2.53. The molecule has 0 aliphatic carbocycles. The summed E-state index contributed by atoms with van der Waals surface area (Å²) in [5.41, 5.74) is 8.37. The summed E-state index contributed by atoms with van der Waals surface area (Å²) in [6.07, 6.45) is 5.22. The van der Waals surface area contributed by atoms with Crippen molar-refractivity contribution in [1.29, 1.82) is 0 Å². The van der Waals surface area contributed by atoms with Gasteiger partial charge >= 0.3 is 0 Å². The maximum Gasteiger partial charge on any atom is 0.294 e. The summed E-state index contributed by atoms with van der Waals surface area (Å²) in [5.74, 6) is 0. The Morgan fingerprint density at radius 3 is 2.71 bits per heavy atom. The van der Waals surface area contributed by atoms with Crippen LogP contribution in [0.3, 0.4) is 0 Å². The fourth-order valence-electron chi connectivity index (χ4n) is 1.71. The van der Waals surface area contributed by atoms with Crippen molar-refractivity contribution < 1.29 is 4.92 Å². The van der Waals surface area contributed by atoms with Crippen LogP contribution in [-0.2, 0) is 0 Å². The lowest BCUT2D eigenvalue weighted by Gasteiger charge is -2.11.